The van der Waals surface area contributed by atoms with Crippen LogP contribution in [0.2, 0.25) is 0 Å². The van der Waals surface area contributed by atoms with Crippen molar-refractivity contribution in [3.63, 3.8) is 0 Å². The van der Waals surface area contributed by atoms with Gasteiger partial charge >= 0.3 is 0 Å². The van der Waals surface area contributed by atoms with Crippen LogP contribution in [-0.4, -0.2) is 0 Å². The molecule has 0 unspecified atom stereocenters. The van der Waals surface area contributed by atoms with Gasteiger partial charge in [0.15, 0.2) is 0 Å². The van der Waals surface area contributed by atoms with E-state index in [0.717, 1.165) is 6.42 Å². The fraction of sp³-hybridized carbons (Fsp3) is 0.120. The van der Waals surface area contributed by atoms with E-state index in [0.29, 0.717) is 0 Å². The van der Waals surface area contributed by atoms with Crippen LogP contribution >= 0.6 is 7.92 Å². The van der Waals surface area contributed by atoms with E-state index in [1.165, 1.54) is 38.2 Å². The molecule has 3 aromatic carbocycles. The molecule has 128 valence electrons. The molecule has 0 atom stereocenters. The summed E-state index contributed by atoms with van der Waals surface area (Å²) in [7, 11) is -0.574. The first-order valence-electron chi connectivity index (χ1n) is 9.12. The highest BCUT2D eigenvalue weighted by atomic mass is 31.1. The Morgan fingerprint density at radius 3 is 1.73 bits per heavy atom. The highest BCUT2D eigenvalue weighted by molar-refractivity contribution is 7.80. The van der Waals surface area contributed by atoms with Crippen LogP contribution in [0.3, 0.4) is 0 Å². The Hall–Kier alpha value is -2.43. The van der Waals surface area contributed by atoms with Gasteiger partial charge in [0.2, 0.25) is 0 Å². The lowest BCUT2D eigenvalue weighted by Gasteiger charge is -2.23. The third-order valence-corrected chi connectivity index (χ3v) is 7.66. The summed E-state index contributed by atoms with van der Waals surface area (Å²) in [6.45, 7) is 4.49. The van der Waals surface area contributed by atoms with E-state index >= 15 is 0 Å². The van der Waals surface area contributed by atoms with E-state index in [2.05, 4.69) is 105 Å². The van der Waals surface area contributed by atoms with Gasteiger partial charge in [-0.15, -0.1) is 0 Å². The number of hydrogen-bond donors (Lipinski definition) is 0. The minimum absolute atomic E-state index is 0.574. The molecule has 0 aliphatic heterocycles. The van der Waals surface area contributed by atoms with Crippen molar-refractivity contribution >= 4 is 29.4 Å². The highest BCUT2D eigenvalue weighted by Crippen LogP contribution is 2.39. The second-order valence-corrected chi connectivity index (χ2v) is 8.90. The largest absolute Gasteiger partial charge is 0.0769 e. The Bertz CT molecular complexity index is 926. The Labute approximate surface area is 157 Å². The predicted octanol–water partition coefficient (Wildman–Crippen LogP) is 5.57. The molecular weight excluding hydrogens is 331 g/mol. The van der Waals surface area contributed by atoms with Gasteiger partial charge < -0.3 is 0 Å². The van der Waals surface area contributed by atoms with Crippen molar-refractivity contribution in [1.29, 1.82) is 0 Å². The maximum absolute atomic E-state index is 2.36. The van der Waals surface area contributed by atoms with Crippen molar-refractivity contribution in [2.24, 2.45) is 0 Å². The van der Waals surface area contributed by atoms with Gasteiger partial charge in [-0.2, -0.15) is 0 Å². The zero-order valence-corrected chi connectivity index (χ0v) is 16.2. The first kappa shape index (κ1) is 17.0. The summed E-state index contributed by atoms with van der Waals surface area (Å²) in [5.74, 6) is 0. The number of benzene rings is 3. The van der Waals surface area contributed by atoms with Crippen molar-refractivity contribution in [3.8, 4) is 0 Å². The van der Waals surface area contributed by atoms with Crippen LogP contribution in [0.25, 0.3) is 5.57 Å². The molecule has 0 saturated carbocycles. The Morgan fingerprint density at radius 2 is 1.19 bits per heavy atom. The Morgan fingerprint density at radius 1 is 0.654 bits per heavy atom. The summed E-state index contributed by atoms with van der Waals surface area (Å²) in [6.07, 6.45) is 3.40. The van der Waals surface area contributed by atoms with Crippen LogP contribution in [0.1, 0.15) is 25.8 Å². The van der Waals surface area contributed by atoms with E-state index in [1.54, 1.807) is 0 Å². The van der Waals surface area contributed by atoms with Gasteiger partial charge in [0.1, 0.15) is 0 Å². The standard InChI is InChI=1S/C25H23P/c1-19-17-18-23(20(19)2)24-15-9-10-16-25(24)26(21-11-5-3-6-12-21)22-13-7-4-8-14-22/h3-17H,18H2,1-2H3. The summed E-state index contributed by atoms with van der Waals surface area (Å²) in [5, 5.41) is 4.27. The SMILES string of the molecule is CC1=CCC(c2ccccc2P(c2ccccc2)c2ccccc2)=C1C. The van der Waals surface area contributed by atoms with Gasteiger partial charge in [0.25, 0.3) is 0 Å². The number of rotatable bonds is 4. The lowest BCUT2D eigenvalue weighted by atomic mass is 10.0. The minimum Gasteiger partial charge on any atom is -0.0769 e. The van der Waals surface area contributed by atoms with Crippen LogP contribution in [0.4, 0.5) is 0 Å². The first-order chi connectivity index (χ1) is 12.8. The fourth-order valence-corrected chi connectivity index (χ4v) is 6.10. The number of allylic oxidation sites excluding steroid dienone is 4. The molecule has 1 heteroatoms. The molecule has 4 rings (SSSR count). The molecule has 0 N–H and O–H groups in total. The molecule has 0 fully saturated rings. The molecule has 1 aliphatic rings. The second kappa shape index (κ2) is 7.44. The average molecular weight is 354 g/mol. The van der Waals surface area contributed by atoms with Crippen LogP contribution in [0.15, 0.2) is 102 Å². The zero-order valence-electron chi connectivity index (χ0n) is 15.3. The van der Waals surface area contributed by atoms with Gasteiger partial charge in [-0.3, -0.25) is 0 Å². The van der Waals surface area contributed by atoms with Gasteiger partial charge in [-0.05, 0) is 60.8 Å². The van der Waals surface area contributed by atoms with Crippen molar-refractivity contribution < 1.29 is 0 Å². The Balaban J connectivity index is 1.91. The maximum Gasteiger partial charge on any atom is -0.00757 e. The third kappa shape index (κ3) is 3.18. The molecule has 0 bridgehead atoms. The molecule has 1 aliphatic carbocycles. The molecule has 0 aromatic heterocycles. The molecule has 0 heterocycles. The molecule has 3 aromatic rings. The molecule has 0 spiro atoms. The predicted molar refractivity (Wildman–Crippen MR) is 116 cm³/mol. The summed E-state index contributed by atoms with van der Waals surface area (Å²) in [5.41, 5.74) is 5.75. The normalized spacial score (nSPS) is 14.0. The van der Waals surface area contributed by atoms with Crippen molar-refractivity contribution in [2.45, 2.75) is 20.3 Å². The molecule has 0 radical (unpaired) electrons. The van der Waals surface area contributed by atoms with E-state index < -0.39 is 7.92 Å². The zero-order chi connectivity index (χ0) is 17.9. The minimum atomic E-state index is -0.574. The topological polar surface area (TPSA) is 0 Å². The third-order valence-electron chi connectivity index (χ3n) is 5.16. The first-order valence-corrected chi connectivity index (χ1v) is 10.5. The quantitative estimate of drug-likeness (QED) is 0.538. The van der Waals surface area contributed by atoms with Crippen LogP contribution in [0.5, 0.6) is 0 Å². The smallest absolute Gasteiger partial charge is 0.00757 e. The van der Waals surface area contributed by atoms with Crippen LogP contribution in [0, 0.1) is 0 Å². The second-order valence-electron chi connectivity index (χ2n) is 6.72. The van der Waals surface area contributed by atoms with Gasteiger partial charge in [0.05, 0.1) is 0 Å². The lowest BCUT2D eigenvalue weighted by molar-refractivity contribution is 1.39. The maximum atomic E-state index is 2.36. The highest BCUT2D eigenvalue weighted by Gasteiger charge is 2.22. The van der Waals surface area contributed by atoms with Crippen LogP contribution in [-0.2, 0) is 0 Å². The van der Waals surface area contributed by atoms with Crippen molar-refractivity contribution in [3.05, 3.63) is 108 Å². The number of hydrogen-bond acceptors (Lipinski definition) is 0. The molecule has 0 saturated heterocycles. The van der Waals surface area contributed by atoms with Crippen LogP contribution < -0.4 is 15.9 Å². The lowest BCUT2D eigenvalue weighted by Crippen LogP contribution is -2.23. The molecular formula is C25H23P. The summed E-state index contributed by atoms with van der Waals surface area (Å²) in [4.78, 5) is 0. The van der Waals surface area contributed by atoms with Gasteiger partial charge in [-0.25, -0.2) is 0 Å². The summed E-state index contributed by atoms with van der Waals surface area (Å²) < 4.78 is 0. The van der Waals surface area contributed by atoms with Gasteiger partial charge in [0, 0.05) is 0 Å². The Kier molecular flexibility index (Phi) is 4.87. The average Bonchev–Trinajstić information content (AvgIpc) is 3.03. The molecule has 0 amide bonds. The summed E-state index contributed by atoms with van der Waals surface area (Å²) >= 11 is 0. The molecule has 26 heavy (non-hydrogen) atoms. The van der Waals surface area contributed by atoms with E-state index in [4.69, 9.17) is 0 Å². The summed E-state index contributed by atoms with van der Waals surface area (Å²) in [6, 6.07) is 30.9. The van der Waals surface area contributed by atoms with Crippen molar-refractivity contribution in [1.82, 2.24) is 0 Å². The monoisotopic (exact) mass is 354 g/mol. The molecule has 0 nitrogen and oxygen atoms in total. The fourth-order valence-electron chi connectivity index (χ4n) is 3.62. The van der Waals surface area contributed by atoms with E-state index in [-0.39, 0.29) is 0 Å². The van der Waals surface area contributed by atoms with E-state index in [1.807, 2.05) is 0 Å². The van der Waals surface area contributed by atoms with Gasteiger partial charge in [-0.1, -0.05) is 96.6 Å². The van der Waals surface area contributed by atoms with Crippen molar-refractivity contribution in [2.75, 3.05) is 0 Å². The van der Waals surface area contributed by atoms with E-state index in [9.17, 15) is 0 Å².